The molecule has 7 heteroatoms. The van der Waals surface area contributed by atoms with Gasteiger partial charge >= 0.3 is 16.1 Å². The molecular weight excluding hydrogens is 352 g/mol. The summed E-state index contributed by atoms with van der Waals surface area (Å²) in [6.07, 6.45) is 0. The molecule has 0 saturated carbocycles. The Morgan fingerprint density at radius 3 is 2.08 bits per heavy atom. The van der Waals surface area contributed by atoms with E-state index in [0.29, 0.717) is 19.0 Å². The van der Waals surface area contributed by atoms with Crippen LogP contribution in [0, 0.1) is 5.92 Å². The Balaban J connectivity index is 2.87. The van der Waals surface area contributed by atoms with Gasteiger partial charge < -0.3 is 14.4 Å². The molecule has 0 saturated heterocycles. The molecule has 0 aliphatic heterocycles. The molecule has 0 fully saturated rings. The molecule has 0 unspecified atom stereocenters. The maximum absolute atomic E-state index is 12.5. The second-order valence-electron chi connectivity index (χ2n) is 8.22. The summed E-state index contributed by atoms with van der Waals surface area (Å²) in [5.74, 6) is 0.608. The monoisotopic (exact) mass is 384 g/mol. The molecule has 0 bridgehead atoms. The number of carbonyl (C=O) groups excluding carboxylic acids is 1. The van der Waals surface area contributed by atoms with Crippen molar-refractivity contribution in [3.05, 3.63) is 29.8 Å². The minimum Gasteiger partial charge on any atom is -0.382 e. The zero-order chi connectivity index (χ0) is 20.1. The third kappa shape index (κ3) is 7.64. The molecule has 0 aliphatic rings. The fourth-order valence-corrected chi connectivity index (χ4v) is 2.73. The van der Waals surface area contributed by atoms with Gasteiger partial charge in [-0.15, -0.1) is 0 Å². The highest BCUT2D eigenvalue weighted by atomic mass is 32.2. The van der Waals surface area contributed by atoms with Crippen LogP contribution >= 0.6 is 0 Å². The molecule has 1 N–H and O–H groups in total. The van der Waals surface area contributed by atoms with E-state index < -0.39 is 15.4 Å². The molecular formula is C19H32N2O4S. The summed E-state index contributed by atoms with van der Waals surface area (Å²) in [5.41, 5.74) is 0.596. The number of hydrogen-bond donors (Lipinski definition) is 1. The van der Waals surface area contributed by atoms with E-state index in [4.69, 9.17) is 4.18 Å². The lowest BCUT2D eigenvalue weighted by atomic mass is 10.1. The maximum atomic E-state index is 12.5. The summed E-state index contributed by atoms with van der Waals surface area (Å²) in [7, 11) is -3.61. The Morgan fingerprint density at radius 2 is 1.65 bits per heavy atom. The number of hydrogen-bond acceptors (Lipinski definition) is 4. The number of nitrogens with zero attached hydrogens (tertiary/aromatic N) is 1. The molecule has 0 aliphatic carbocycles. The fraction of sp³-hybridized carbons (Fsp3) is 0.632. The molecule has 1 aromatic rings. The smallest absolute Gasteiger partial charge is 0.318 e. The largest absolute Gasteiger partial charge is 0.382 e. The van der Waals surface area contributed by atoms with Gasteiger partial charge in [-0.1, -0.05) is 26.0 Å². The SMILES string of the molecule is CC(C)CN(Cc1ccc(OS(=O)(=O)C(C)C)cc1)C(=O)NC(C)(C)C. The van der Waals surface area contributed by atoms with Gasteiger partial charge in [0, 0.05) is 18.6 Å². The molecule has 1 rings (SSSR count). The van der Waals surface area contributed by atoms with Crippen molar-refractivity contribution in [1.82, 2.24) is 10.2 Å². The number of urea groups is 1. The summed E-state index contributed by atoms with van der Waals surface area (Å²) in [6.45, 7) is 14.2. The van der Waals surface area contributed by atoms with Crippen LogP contribution in [-0.2, 0) is 16.7 Å². The van der Waals surface area contributed by atoms with Crippen LogP contribution in [0.2, 0.25) is 0 Å². The van der Waals surface area contributed by atoms with Crippen LogP contribution in [-0.4, -0.2) is 36.7 Å². The van der Waals surface area contributed by atoms with Gasteiger partial charge in [-0.05, 0) is 58.2 Å². The molecule has 1 aromatic carbocycles. The number of rotatable bonds is 7. The molecule has 6 nitrogen and oxygen atoms in total. The summed E-state index contributed by atoms with van der Waals surface area (Å²) >= 11 is 0. The fourth-order valence-electron chi connectivity index (χ4n) is 2.16. The Bertz CT molecular complexity index is 689. The Hall–Kier alpha value is -1.76. The minimum atomic E-state index is -3.61. The second kappa shape index (κ2) is 8.75. The van der Waals surface area contributed by atoms with Gasteiger partial charge in [0.25, 0.3) is 0 Å². The van der Waals surface area contributed by atoms with Crippen LogP contribution in [0.25, 0.3) is 0 Å². The third-order valence-corrected chi connectivity index (χ3v) is 5.02. The van der Waals surface area contributed by atoms with Crippen molar-refractivity contribution < 1.29 is 17.4 Å². The highest BCUT2D eigenvalue weighted by Crippen LogP contribution is 2.18. The molecule has 0 atom stereocenters. The van der Waals surface area contributed by atoms with Gasteiger partial charge in [0.2, 0.25) is 0 Å². The van der Waals surface area contributed by atoms with Gasteiger partial charge in [0.1, 0.15) is 5.75 Å². The summed E-state index contributed by atoms with van der Waals surface area (Å²) in [6, 6.07) is 6.68. The van der Waals surface area contributed by atoms with E-state index >= 15 is 0 Å². The average molecular weight is 385 g/mol. The van der Waals surface area contributed by atoms with Gasteiger partial charge in [0.15, 0.2) is 0 Å². The van der Waals surface area contributed by atoms with Crippen LogP contribution in [0.1, 0.15) is 54.0 Å². The minimum absolute atomic E-state index is 0.117. The van der Waals surface area contributed by atoms with Crippen LogP contribution in [0.5, 0.6) is 5.75 Å². The molecule has 148 valence electrons. The van der Waals surface area contributed by atoms with Gasteiger partial charge in [-0.2, -0.15) is 8.42 Å². The normalized spacial score (nSPS) is 12.3. The van der Waals surface area contributed by atoms with Gasteiger partial charge in [-0.3, -0.25) is 0 Å². The predicted octanol–water partition coefficient (Wildman–Crippen LogP) is 3.77. The van der Waals surface area contributed by atoms with Crippen molar-refractivity contribution in [2.75, 3.05) is 6.54 Å². The lowest BCUT2D eigenvalue weighted by Crippen LogP contribution is -2.49. The van der Waals surface area contributed by atoms with Crippen molar-refractivity contribution in [1.29, 1.82) is 0 Å². The lowest BCUT2D eigenvalue weighted by molar-refractivity contribution is 0.179. The molecule has 0 heterocycles. The number of amides is 2. The topological polar surface area (TPSA) is 75.7 Å². The standard InChI is InChI=1S/C19H32N2O4S/c1-14(2)12-21(18(22)20-19(5,6)7)13-16-8-10-17(11-9-16)25-26(23,24)15(3)4/h8-11,14-15H,12-13H2,1-7H3,(H,20,22). The number of carbonyl (C=O) groups is 1. The first kappa shape index (κ1) is 22.3. The van der Waals surface area contributed by atoms with Gasteiger partial charge in [-0.25, -0.2) is 4.79 Å². The quantitative estimate of drug-likeness (QED) is 0.726. The van der Waals surface area contributed by atoms with E-state index in [1.54, 1.807) is 43.0 Å². The van der Waals surface area contributed by atoms with Gasteiger partial charge in [0.05, 0.1) is 5.25 Å². The zero-order valence-electron chi connectivity index (χ0n) is 16.9. The molecule has 26 heavy (non-hydrogen) atoms. The lowest BCUT2D eigenvalue weighted by Gasteiger charge is -2.29. The Labute approximate surface area is 158 Å². The molecule has 0 spiro atoms. The highest BCUT2D eigenvalue weighted by Gasteiger charge is 2.21. The average Bonchev–Trinajstić information content (AvgIpc) is 2.45. The van der Waals surface area contributed by atoms with Crippen LogP contribution in [0.3, 0.4) is 0 Å². The van der Waals surface area contributed by atoms with Crippen molar-refractivity contribution in [3.63, 3.8) is 0 Å². The first-order valence-electron chi connectivity index (χ1n) is 8.89. The molecule has 0 radical (unpaired) electrons. The van der Waals surface area contributed by atoms with Crippen LogP contribution in [0.15, 0.2) is 24.3 Å². The van der Waals surface area contributed by atoms with Crippen molar-refractivity contribution in [3.8, 4) is 5.75 Å². The zero-order valence-corrected chi connectivity index (χ0v) is 17.7. The Kier molecular flexibility index (Phi) is 7.50. The highest BCUT2D eigenvalue weighted by molar-refractivity contribution is 7.87. The van der Waals surface area contributed by atoms with Crippen LogP contribution in [0.4, 0.5) is 4.79 Å². The third-order valence-electron chi connectivity index (χ3n) is 3.44. The number of benzene rings is 1. The van der Waals surface area contributed by atoms with Crippen molar-refractivity contribution in [2.45, 2.75) is 65.8 Å². The van der Waals surface area contributed by atoms with E-state index in [1.165, 1.54) is 0 Å². The first-order valence-corrected chi connectivity index (χ1v) is 10.4. The van der Waals surface area contributed by atoms with E-state index in [9.17, 15) is 13.2 Å². The second-order valence-corrected chi connectivity index (χ2v) is 10.3. The molecule has 0 aromatic heterocycles. The summed E-state index contributed by atoms with van der Waals surface area (Å²) in [5, 5.41) is 2.38. The van der Waals surface area contributed by atoms with Crippen molar-refractivity contribution >= 4 is 16.1 Å². The van der Waals surface area contributed by atoms with E-state index in [0.717, 1.165) is 5.56 Å². The van der Waals surface area contributed by atoms with E-state index in [1.807, 2.05) is 20.8 Å². The molecule has 2 amide bonds. The Morgan fingerprint density at radius 1 is 1.12 bits per heavy atom. The van der Waals surface area contributed by atoms with E-state index in [-0.39, 0.29) is 17.3 Å². The maximum Gasteiger partial charge on any atom is 0.318 e. The summed E-state index contributed by atoms with van der Waals surface area (Å²) < 4.78 is 28.7. The predicted molar refractivity (Wildman–Crippen MR) is 105 cm³/mol. The summed E-state index contributed by atoms with van der Waals surface area (Å²) in [4.78, 5) is 14.3. The van der Waals surface area contributed by atoms with Crippen LogP contribution < -0.4 is 9.50 Å². The number of nitrogens with one attached hydrogen (secondary N) is 1. The van der Waals surface area contributed by atoms with Crippen molar-refractivity contribution in [2.24, 2.45) is 5.92 Å². The van der Waals surface area contributed by atoms with E-state index in [2.05, 4.69) is 19.2 Å². The first-order chi connectivity index (χ1) is 11.8.